The maximum atomic E-state index is 12.9. The summed E-state index contributed by atoms with van der Waals surface area (Å²) in [5.41, 5.74) is 1.00. The first-order valence-electron chi connectivity index (χ1n) is 5.62. The lowest BCUT2D eigenvalue weighted by molar-refractivity contribution is 0.624. The second-order valence-electron chi connectivity index (χ2n) is 3.74. The Morgan fingerprint density at radius 3 is 2.72 bits per heavy atom. The molecule has 0 aliphatic carbocycles. The van der Waals surface area contributed by atoms with Crippen molar-refractivity contribution in [2.45, 2.75) is 4.90 Å². The van der Waals surface area contributed by atoms with Crippen LogP contribution in [-0.2, 0) is 0 Å². The van der Waals surface area contributed by atoms with Gasteiger partial charge in [-0.2, -0.15) is 0 Å². The SMILES string of the molecule is Fc1cccc(SCCNc2cccc(Cl)c2)c1. The van der Waals surface area contributed by atoms with Gasteiger partial charge in [0, 0.05) is 27.9 Å². The fourth-order valence-electron chi connectivity index (χ4n) is 1.52. The maximum Gasteiger partial charge on any atom is 0.124 e. The van der Waals surface area contributed by atoms with Gasteiger partial charge in [-0.3, -0.25) is 0 Å². The summed E-state index contributed by atoms with van der Waals surface area (Å²) in [4.78, 5) is 0.947. The highest BCUT2D eigenvalue weighted by Crippen LogP contribution is 2.19. The van der Waals surface area contributed by atoms with Crippen LogP contribution in [0.2, 0.25) is 5.02 Å². The average Bonchev–Trinajstić information content (AvgIpc) is 2.35. The lowest BCUT2D eigenvalue weighted by Gasteiger charge is -2.06. The van der Waals surface area contributed by atoms with Crippen LogP contribution in [0.4, 0.5) is 10.1 Å². The Morgan fingerprint density at radius 2 is 1.94 bits per heavy atom. The smallest absolute Gasteiger partial charge is 0.124 e. The molecule has 94 valence electrons. The van der Waals surface area contributed by atoms with Crippen LogP contribution in [0.3, 0.4) is 0 Å². The van der Waals surface area contributed by atoms with E-state index in [1.807, 2.05) is 30.3 Å². The Bertz CT molecular complexity index is 471. The van der Waals surface area contributed by atoms with E-state index in [-0.39, 0.29) is 5.82 Å². The van der Waals surface area contributed by atoms with E-state index >= 15 is 0 Å². The molecule has 0 spiro atoms. The predicted molar refractivity (Wildman–Crippen MR) is 77.1 cm³/mol. The first kappa shape index (κ1) is 13.2. The Kier molecular flexibility index (Phi) is 4.90. The Labute approximate surface area is 115 Å². The zero-order chi connectivity index (χ0) is 12.8. The highest BCUT2D eigenvalue weighted by atomic mass is 35.5. The monoisotopic (exact) mass is 281 g/mol. The molecule has 0 saturated carbocycles. The molecule has 0 aromatic heterocycles. The third-order valence-corrected chi connectivity index (χ3v) is 3.55. The quantitative estimate of drug-likeness (QED) is 0.631. The van der Waals surface area contributed by atoms with E-state index in [1.165, 1.54) is 6.07 Å². The third-order valence-electron chi connectivity index (χ3n) is 2.32. The van der Waals surface area contributed by atoms with E-state index in [4.69, 9.17) is 11.6 Å². The molecule has 0 amide bonds. The van der Waals surface area contributed by atoms with Gasteiger partial charge in [0.1, 0.15) is 5.82 Å². The number of hydrogen-bond donors (Lipinski definition) is 1. The molecule has 18 heavy (non-hydrogen) atoms. The molecule has 2 aromatic rings. The van der Waals surface area contributed by atoms with Crippen LogP contribution in [-0.4, -0.2) is 12.3 Å². The van der Waals surface area contributed by atoms with Crippen LogP contribution in [0.25, 0.3) is 0 Å². The topological polar surface area (TPSA) is 12.0 Å². The van der Waals surface area contributed by atoms with E-state index in [0.717, 1.165) is 27.9 Å². The molecule has 0 fully saturated rings. The van der Waals surface area contributed by atoms with Crippen molar-refractivity contribution in [3.63, 3.8) is 0 Å². The molecule has 1 N–H and O–H groups in total. The van der Waals surface area contributed by atoms with Gasteiger partial charge >= 0.3 is 0 Å². The number of thioether (sulfide) groups is 1. The van der Waals surface area contributed by atoms with E-state index in [2.05, 4.69) is 5.32 Å². The Hall–Kier alpha value is -1.19. The maximum absolute atomic E-state index is 12.9. The van der Waals surface area contributed by atoms with Gasteiger partial charge in [-0.15, -0.1) is 11.8 Å². The summed E-state index contributed by atoms with van der Waals surface area (Å²) >= 11 is 7.51. The van der Waals surface area contributed by atoms with Crippen LogP contribution in [0.5, 0.6) is 0 Å². The summed E-state index contributed by atoms with van der Waals surface area (Å²) in [7, 11) is 0. The number of hydrogen-bond acceptors (Lipinski definition) is 2. The van der Waals surface area contributed by atoms with E-state index in [0.29, 0.717) is 0 Å². The molecule has 0 saturated heterocycles. The van der Waals surface area contributed by atoms with Crippen LogP contribution in [0.15, 0.2) is 53.4 Å². The Balaban J connectivity index is 1.76. The Morgan fingerprint density at radius 1 is 1.11 bits per heavy atom. The fraction of sp³-hybridized carbons (Fsp3) is 0.143. The molecule has 0 unspecified atom stereocenters. The standard InChI is InChI=1S/C14H13ClFNS/c15-11-3-1-5-13(9-11)17-7-8-18-14-6-2-4-12(16)10-14/h1-6,9-10,17H,7-8H2. The van der Waals surface area contributed by atoms with E-state index in [9.17, 15) is 4.39 Å². The first-order chi connectivity index (χ1) is 8.74. The van der Waals surface area contributed by atoms with Gasteiger partial charge in [0.25, 0.3) is 0 Å². The largest absolute Gasteiger partial charge is 0.384 e. The van der Waals surface area contributed by atoms with Gasteiger partial charge in [-0.05, 0) is 36.4 Å². The summed E-state index contributed by atoms with van der Waals surface area (Å²) in [5.74, 6) is 0.679. The van der Waals surface area contributed by atoms with Crippen LogP contribution in [0.1, 0.15) is 0 Å². The summed E-state index contributed by atoms with van der Waals surface area (Å²) in [5, 5.41) is 3.99. The summed E-state index contributed by atoms with van der Waals surface area (Å²) in [6.07, 6.45) is 0. The molecular weight excluding hydrogens is 269 g/mol. The van der Waals surface area contributed by atoms with Crippen molar-refractivity contribution in [1.82, 2.24) is 0 Å². The lowest BCUT2D eigenvalue weighted by Crippen LogP contribution is -2.03. The second-order valence-corrected chi connectivity index (χ2v) is 5.35. The summed E-state index contributed by atoms with van der Waals surface area (Å²) in [6.45, 7) is 0.807. The van der Waals surface area contributed by atoms with Gasteiger partial charge in [-0.1, -0.05) is 23.7 Å². The van der Waals surface area contributed by atoms with Gasteiger partial charge in [0.15, 0.2) is 0 Å². The van der Waals surface area contributed by atoms with Crippen molar-refractivity contribution >= 4 is 29.1 Å². The summed E-state index contributed by atoms with van der Waals surface area (Å²) in [6, 6.07) is 14.2. The number of halogens is 2. The highest BCUT2D eigenvalue weighted by molar-refractivity contribution is 7.99. The minimum Gasteiger partial charge on any atom is -0.384 e. The number of nitrogens with one attached hydrogen (secondary N) is 1. The van der Waals surface area contributed by atoms with Crippen molar-refractivity contribution in [3.8, 4) is 0 Å². The van der Waals surface area contributed by atoms with Gasteiger partial charge in [-0.25, -0.2) is 4.39 Å². The molecule has 1 nitrogen and oxygen atoms in total. The van der Waals surface area contributed by atoms with Crippen molar-refractivity contribution in [3.05, 3.63) is 59.4 Å². The van der Waals surface area contributed by atoms with Gasteiger partial charge in [0.05, 0.1) is 0 Å². The summed E-state index contributed by atoms with van der Waals surface area (Å²) < 4.78 is 12.9. The minimum absolute atomic E-state index is 0.192. The van der Waals surface area contributed by atoms with E-state index in [1.54, 1.807) is 23.9 Å². The van der Waals surface area contributed by atoms with Crippen molar-refractivity contribution < 1.29 is 4.39 Å². The van der Waals surface area contributed by atoms with Crippen molar-refractivity contribution in [1.29, 1.82) is 0 Å². The molecule has 2 aromatic carbocycles. The second kappa shape index (κ2) is 6.66. The number of anilines is 1. The average molecular weight is 282 g/mol. The normalized spacial score (nSPS) is 10.3. The molecule has 4 heteroatoms. The third kappa shape index (κ3) is 4.24. The molecule has 0 atom stereocenters. The molecule has 0 aliphatic heterocycles. The highest BCUT2D eigenvalue weighted by Gasteiger charge is 1.97. The van der Waals surface area contributed by atoms with E-state index < -0.39 is 0 Å². The number of rotatable bonds is 5. The predicted octanol–water partition coefficient (Wildman–Crippen LogP) is 4.68. The zero-order valence-corrected chi connectivity index (χ0v) is 11.3. The molecule has 0 bridgehead atoms. The minimum atomic E-state index is -0.192. The van der Waals surface area contributed by atoms with Gasteiger partial charge < -0.3 is 5.32 Å². The first-order valence-corrected chi connectivity index (χ1v) is 6.98. The van der Waals surface area contributed by atoms with Gasteiger partial charge in [0.2, 0.25) is 0 Å². The zero-order valence-electron chi connectivity index (χ0n) is 9.70. The number of benzene rings is 2. The van der Waals surface area contributed by atoms with Crippen LogP contribution >= 0.6 is 23.4 Å². The lowest BCUT2D eigenvalue weighted by atomic mass is 10.3. The molecule has 0 radical (unpaired) electrons. The van der Waals surface area contributed by atoms with Crippen LogP contribution < -0.4 is 5.32 Å². The molecule has 0 heterocycles. The molecule has 2 rings (SSSR count). The molecular formula is C14H13ClFNS. The fourth-order valence-corrected chi connectivity index (χ4v) is 2.52. The molecule has 0 aliphatic rings. The van der Waals surface area contributed by atoms with Crippen molar-refractivity contribution in [2.24, 2.45) is 0 Å². The van der Waals surface area contributed by atoms with Crippen LogP contribution in [0, 0.1) is 5.82 Å². The van der Waals surface area contributed by atoms with Crippen molar-refractivity contribution in [2.75, 3.05) is 17.6 Å².